The smallest absolute Gasteiger partial charge is 0.126 e. The van der Waals surface area contributed by atoms with Gasteiger partial charge in [0.25, 0.3) is 0 Å². The van der Waals surface area contributed by atoms with Crippen LogP contribution in [0.5, 0.6) is 0 Å². The van der Waals surface area contributed by atoms with E-state index in [1.807, 2.05) is 20.0 Å². The van der Waals surface area contributed by atoms with E-state index in [1.54, 1.807) is 13.2 Å². The van der Waals surface area contributed by atoms with Crippen molar-refractivity contribution in [3.63, 3.8) is 0 Å². The molecule has 1 rings (SSSR count). The van der Waals surface area contributed by atoms with Gasteiger partial charge >= 0.3 is 0 Å². The molecule has 1 aromatic carbocycles. The molecule has 2 nitrogen and oxygen atoms in total. The van der Waals surface area contributed by atoms with Crippen LogP contribution in [0.4, 0.5) is 4.39 Å². The van der Waals surface area contributed by atoms with Crippen molar-refractivity contribution in [3.8, 4) is 0 Å². The Morgan fingerprint density at radius 2 is 2.19 bits per heavy atom. The number of hydrogen-bond donors (Lipinski definition) is 1. The molecule has 4 heteroatoms. The van der Waals surface area contributed by atoms with Gasteiger partial charge in [0.2, 0.25) is 0 Å². The van der Waals surface area contributed by atoms with Crippen molar-refractivity contribution in [2.24, 2.45) is 0 Å². The van der Waals surface area contributed by atoms with Crippen LogP contribution in [0.1, 0.15) is 12.5 Å². The standard InChI is InChI=1S/C12H17BrFNO/c1-8(16-3)12(15-2)7-9-6-10(13)4-5-11(9)14/h4-6,8,12,15H,7H2,1-3H3. The fourth-order valence-electron chi connectivity index (χ4n) is 1.60. The van der Waals surface area contributed by atoms with Gasteiger partial charge in [0, 0.05) is 17.6 Å². The highest BCUT2D eigenvalue weighted by Gasteiger charge is 2.17. The Morgan fingerprint density at radius 1 is 1.50 bits per heavy atom. The summed E-state index contributed by atoms with van der Waals surface area (Å²) in [6, 6.07) is 5.09. The number of ether oxygens (including phenoxy) is 1. The second-order valence-electron chi connectivity index (χ2n) is 3.78. The number of benzene rings is 1. The highest BCUT2D eigenvalue weighted by Crippen LogP contribution is 2.18. The monoisotopic (exact) mass is 289 g/mol. The maximum Gasteiger partial charge on any atom is 0.126 e. The third-order valence-electron chi connectivity index (χ3n) is 2.76. The number of hydrogen-bond acceptors (Lipinski definition) is 2. The molecule has 0 amide bonds. The molecule has 0 aliphatic heterocycles. The van der Waals surface area contributed by atoms with Gasteiger partial charge in [0.05, 0.1) is 6.10 Å². The summed E-state index contributed by atoms with van der Waals surface area (Å²) in [6.45, 7) is 1.97. The molecule has 0 saturated heterocycles. The van der Waals surface area contributed by atoms with Crippen molar-refractivity contribution >= 4 is 15.9 Å². The Morgan fingerprint density at radius 3 is 2.75 bits per heavy atom. The van der Waals surface area contributed by atoms with Crippen LogP contribution in [-0.4, -0.2) is 26.3 Å². The molecule has 0 aliphatic rings. The van der Waals surface area contributed by atoms with Crippen LogP contribution in [0.25, 0.3) is 0 Å². The van der Waals surface area contributed by atoms with Crippen LogP contribution < -0.4 is 5.32 Å². The summed E-state index contributed by atoms with van der Waals surface area (Å²) in [6.07, 6.45) is 0.653. The minimum atomic E-state index is -0.174. The normalized spacial score (nSPS) is 14.8. The number of methoxy groups -OCH3 is 1. The Bertz CT molecular complexity index is 346. The second-order valence-corrected chi connectivity index (χ2v) is 4.69. The van der Waals surface area contributed by atoms with Crippen LogP contribution in [0.3, 0.4) is 0 Å². The van der Waals surface area contributed by atoms with Crippen LogP contribution in [0.2, 0.25) is 0 Å². The SMILES string of the molecule is CNC(Cc1cc(Br)ccc1F)C(C)OC. The number of halogens is 2. The van der Waals surface area contributed by atoms with Crippen molar-refractivity contribution in [1.82, 2.24) is 5.32 Å². The molecule has 0 radical (unpaired) electrons. The maximum absolute atomic E-state index is 13.5. The van der Waals surface area contributed by atoms with Gasteiger partial charge in [0.15, 0.2) is 0 Å². The molecule has 0 saturated carbocycles. The topological polar surface area (TPSA) is 21.3 Å². The van der Waals surface area contributed by atoms with Gasteiger partial charge in [-0.15, -0.1) is 0 Å². The third-order valence-corrected chi connectivity index (χ3v) is 3.25. The first-order valence-electron chi connectivity index (χ1n) is 5.22. The molecule has 1 aromatic rings. The van der Waals surface area contributed by atoms with Crippen LogP contribution in [0.15, 0.2) is 22.7 Å². The molecule has 0 spiro atoms. The molecule has 2 atom stereocenters. The Hall–Kier alpha value is -0.450. The number of rotatable bonds is 5. The summed E-state index contributed by atoms with van der Waals surface area (Å²) < 4.78 is 19.7. The molecule has 0 fully saturated rings. The lowest BCUT2D eigenvalue weighted by Crippen LogP contribution is -2.39. The summed E-state index contributed by atoms with van der Waals surface area (Å²) in [7, 11) is 3.52. The van der Waals surface area contributed by atoms with E-state index < -0.39 is 0 Å². The molecular weight excluding hydrogens is 273 g/mol. The minimum absolute atomic E-state index is 0.0448. The summed E-state index contributed by atoms with van der Waals surface area (Å²) in [4.78, 5) is 0. The number of nitrogens with one attached hydrogen (secondary N) is 1. The first-order chi connectivity index (χ1) is 7.58. The van der Waals surface area contributed by atoms with Gasteiger partial charge in [-0.25, -0.2) is 4.39 Å². The van der Waals surface area contributed by atoms with E-state index in [2.05, 4.69) is 21.2 Å². The van der Waals surface area contributed by atoms with Crippen molar-refractivity contribution in [1.29, 1.82) is 0 Å². The highest BCUT2D eigenvalue weighted by atomic mass is 79.9. The van der Waals surface area contributed by atoms with Crippen molar-refractivity contribution in [3.05, 3.63) is 34.1 Å². The van der Waals surface area contributed by atoms with Crippen molar-refractivity contribution < 1.29 is 9.13 Å². The first-order valence-corrected chi connectivity index (χ1v) is 6.01. The van der Waals surface area contributed by atoms with Gasteiger partial charge in [-0.05, 0) is 44.2 Å². The van der Waals surface area contributed by atoms with E-state index in [9.17, 15) is 4.39 Å². The third kappa shape index (κ3) is 3.54. The molecular formula is C12H17BrFNO. The first kappa shape index (κ1) is 13.6. The lowest BCUT2D eigenvalue weighted by Gasteiger charge is -2.22. The fraction of sp³-hybridized carbons (Fsp3) is 0.500. The summed E-state index contributed by atoms with van der Waals surface area (Å²) in [5, 5.41) is 3.14. The lowest BCUT2D eigenvalue weighted by atomic mass is 10.0. The molecule has 0 heterocycles. The van der Waals surface area contributed by atoms with Crippen molar-refractivity contribution in [2.45, 2.75) is 25.5 Å². The van der Waals surface area contributed by atoms with Gasteiger partial charge in [-0.2, -0.15) is 0 Å². The zero-order valence-corrected chi connectivity index (χ0v) is 11.3. The number of likely N-dealkylation sites (N-methyl/N-ethyl adjacent to an activating group) is 1. The zero-order valence-electron chi connectivity index (χ0n) is 9.76. The van der Waals surface area contributed by atoms with Crippen LogP contribution in [-0.2, 0) is 11.2 Å². The van der Waals surface area contributed by atoms with E-state index in [0.717, 1.165) is 4.47 Å². The predicted octanol–water partition coefficient (Wildman–Crippen LogP) is 2.75. The summed E-state index contributed by atoms with van der Waals surface area (Å²) in [5.74, 6) is -0.174. The Kier molecular flexibility index (Phi) is 5.38. The molecule has 0 aliphatic carbocycles. The zero-order chi connectivity index (χ0) is 12.1. The maximum atomic E-state index is 13.5. The quantitative estimate of drug-likeness (QED) is 0.900. The van der Waals surface area contributed by atoms with Gasteiger partial charge in [0.1, 0.15) is 5.82 Å². The molecule has 90 valence electrons. The molecule has 2 unspecified atom stereocenters. The van der Waals surface area contributed by atoms with E-state index in [4.69, 9.17) is 4.74 Å². The molecule has 1 N–H and O–H groups in total. The summed E-state index contributed by atoms with van der Waals surface area (Å²) in [5.41, 5.74) is 0.692. The van der Waals surface area contributed by atoms with E-state index >= 15 is 0 Å². The van der Waals surface area contributed by atoms with Gasteiger partial charge in [-0.3, -0.25) is 0 Å². The Labute approximate surface area is 104 Å². The van der Waals surface area contributed by atoms with Gasteiger partial charge < -0.3 is 10.1 Å². The van der Waals surface area contributed by atoms with Crippen molar-refractivity contribution in [2.75, 3.05) is 14.2 Å². The second kappa shape index (κ2) is 6.33. The molecule has 0 aromatic heterocycles. The fourth-order valence-corrected chi connectivity index (χ4v) is 2.01. The highest BCUT2D eigenvalue weighted by molar-refractivity contribution is 9.10. The average Bonchev–Trinajstić information content (AvgIpc) is 2.29. The average molecular weight is 290 g/mol. The lowest BCUT2D eigenvalue weighted by molar-refractivity contribution is 0.0854. The molecule has 0 bridgehead atoms. The predicted molar refractivity (Wildman–Crippen MR) is 67.1 cm³/mol. The van der Waals surface area contributed by atoms with E-state index in [1.165, 1.54) is 6.07 Å². The van der Waals surface area contributed by atoms with Crippen LogP contribution >= 0.6 is 15.9 Å². The van der Waals surface area contributed by atoms with E-state index in [-0.39, 0.29) is 18.0 Å². The van der Waals surface area contributed by atoms with E-state index in [0.29, 0.717) is 12.0 Å². The molecule has 16 heavy (non-hydrogen) atoms. The largest absolute Gasteiger partial charge is 0.380 e. The van der Waals surface area contributed by atoms with Crippen LogP contribution in [0, 0.1) is 5.82 Å². The van der Waals surface area contributed by atoms with Gasteiger partial charge in [-0.1, -0.05) is 15.9 Å². The Balaban J connectivity index is 2.81. The minimum Gasteiger partial charge on any atom is -0.380 e. The summed E-state index contributed by atoms with van der Waals surface area (Å²) >= 11 is 3.34.